The standard InChI is InChI=1S/C20H18BrN5O/c1-2-6-17-24-20(26-27-17)18(13-7-4-3-5-8-13)25-19-15-11-14(21)9-10-16(15)22-12-23-19/h3-5,7-12,18H,2,6H2,1H3,(H,22,23,25). The molecule has 2 aromatic carbocycles. The second kappa shape index (κ2) is 7.84. The Bertz CT molecular complexity index is 1050. The Hall–Kier alpha value is -2.80. The van der Waals surface area contributed by atoms with E-state index in [-0.39, 0.29) is 6.04 Å². The second-order valence-corrected chi connectivity index (χ2v) is 7.08. The van der Waals surface area contributed by atoms with E-state index in [1.165, 1.54) is 0 Å². The van der Waals surface area contributed by atoms with Crippen molar-refractivity contribution in [2.24, 2.45) is 0 Å². The Morgan fingerprint density at radius 2 is 1.96 bits per heavy atom. The Morgan fingerprint density at radius 3 is 2.78 bits per heavy atom. The molecule has 136 valence electrons. The van der Waals surface area contributed by atoms with Crippen molar-refractivity contribution in [1.29, 1.82) is 0 Å². The summed E-state index contributed by atoms with van der Waals surface area (Å²) in [5.41, 5.74) is 1.89. The monoisotopic (exact) mass is 423 g/mol. The van der Waals surface area contributed by atoms with Crippen molar-refractivity contribution in [1.82, 2.24) is 20.1 Å². The largest absolute Gasteiger partial charge is 0.355 e. The predicted molar refractivity (Wildman–Crippen MR) is 107 cm³/mol. The molecule has 0 bridgehead atoms. The molecule has 27 heavy (non-hydrogen) atoms. The molecule has 6 nitrogen and oxygen atoms in total. The van der Waals surface area contributed by atoms with Gasteiger partial charge < -0.3 is 9.84 Å². The van der Waals surface area contributed by atoms with E-state index in [2.05, 4.69) is 48.3 Å². The molecule has 0 aliphatic heterocycles. The highest BCUT2D eigenvalue weighted by Crippen LogP contribution is 2.29. The molecule has 0 aliphatic carbocycles. The van der Waals surface area contributed by atoms with Crippen LogP contribution in [0.2, 0.25) is 0 Å². The fourth-order valence-electron chi connectivity index (χ4n) is 2.92. The van der Waals surface area contributed by atoms with Gasteiger partial charge in [-0.1, -0.05) is 58.3 Å². The molecule has 7 heteroatoms. The van der Waals surface area contributed by atoms with Gasteiger partial charge in [-0.3, -0.25) is 0 Å². The van der Waals surface area contributed by atoms with Gasteiger partial charge in [0, 0.05) is 16.3 Å². The third-order valence-electron chi connectivity index (χ3n) is 4.22. The topological polar surface area (TPSA) is 76.7 Å². The van der Waals surface area contributed by atoms with E-state index in [0.717, 1.165) is 39.6 Å². The Balaban J connectivity index is 1.77. The summed E-state index contributed by atoms with van der Waals surface area (Å²) in [5.74, 6) is 1.95. The molecule has 0 spiro atoms. The summed E-state index contributed by atoms with van der Waals surface area (Å²) in [6, 6.07) is 15.7. The van der Waals surface area contributed by atoms with Crippen LogP contribution in [-0.2, 0) is 6.42 Å². The first-order valence-electron chi connectivity index (χ1n) is 8.79. The van der Waals surface area contributed by atoms with Crippen molar-refractivity contribution in [3.8, 4) is 0 Å². The smallest absolute Gasteiger partial charge is 0.226 e. The fraction of sp³-hybridized carbons (Fsp3) is 0.200. The van der Waals surface area contributed by atoms with E-state index in [1.807, 2.05) is 48.5 Å². The minimum Gasteiger partial charge on any atom is -0.355 e. The number of hydrogen-bond donors (Lipinski definition) is 1. The molecule has 1 unspecified atom stereocenters. The number of anilines is 1. The van der Waals surface area contributed by atoms with Crippen molar-refractivity contribution >= 4 is 32.7 Å². The van der Waals surface area contributed by atoms with Gasteiger partial charge in [0.05, 0.1) is 5.52 Å². The van der Waals surface area contributed by atoms with E-state index >= 15 is 0 Å². The highest BCUT2D eigenvalue weighted by Gasteiger charge is 2.21. The maximum Gasteiger partial charge on any atom is 0.226 e. The van der Waals surface area contributed by atoms with Gasteiger partial charge in [0.1, 0.15) is 18.2 Å². The maximum absolute atomic E-state index is 5.41. The molecule has 0 radical (unpaired) electrons. The third-order valence-corrected chi connectivity index (χ3v) is 4.71. The van der Waals surface area contributed by atoms with Crippen LogP contribution in [-0.4, -0.2) is 20.1 Å². The molecule has 0 fully saturated rings. The quantitative estimate of drug-likeness (QED) is 0.473. The number of fused-ring (bicyclic) bond motifs is 1. The van der Waals surface area contributed by atoms with Crippen LogP contribution in [0.3, 0.4) is 0 Å². The number of aryl methyl sites for hydroxylation is 1. The van der Waals surface area contributed by atoms with Crippen LogP contribution < -0.4 is 5.32 Å². The van der Waals surface area contributed by atoms with Gasteiger partial charge in [-0.2, -0.15) is 4.98 Å². The highest BCUT2D eigenvalue weighted by molar-refractivity contribution is 9.10. The third kappa shape index (κ3) is 3.83. The summed E-state index contributed by atoms with van der Waals surface area (Å²) in [6.07, 6.45) is 3.27. The van der Waals surface area contributed by atoms with Crippen LogP contribution in [0.25, 0.3) is 10.9 Å². The number of nitrogens with zero attached hydrogens (tertiary/aromatic N) is 4. The number of hydrogen-bond acceptors (Lipinski definition) is 6. The van der Waals surface area contributed by atoms with Gasteiger partial charge in [-0.25, -0.2) is 9.97 Å². The molecule has 4 aromatic rings. The summed E-state index contributed by atoms with van der Waals surface area (Å²) in [4.78, 5) is 13.4. The number of nitrogens with one attached hydrogen (secondary N) is 1. The van der Waals surface area contributed by atoms with Gasteiger partial charge in [0.2, 0.25) is 5.89 Å². The minimum absolute atomic E-state index is 0.280. The molecule has 0 saturated heterocycles. The normalized spacial score (nSPS) is 12.2. The Kier molecular flexibility index (Phi) is 5.11. The van der Waals surface area contributed by atoms with Gasteiger partial charge in [0.15, 0.2) is 5.82 Å². The molecular formula is C20H18BrN5O. The zero-order valence-corrected chi connectivity index (χ0v) is 16.3. The molecule has 1 N–H and O–H groups in total. The lowest BCUT2D eigenvalue weighted by Crippen LogP contribution is -2.15. The lowest BCUT2D eigenvalue weighted by atomic mass is 10.1. The molecule has 0 saturated carbocycles. The highest BCUT2D eigenvalue weighted by atomic mass is 79.9. The summed E-state index contributed by atoms with van der Waals surface area (Å²) in [6.45, 7) is 2.09. The SMILES string of the molecule is CCCc1nc(C(Nc2ncnc3ccc(Br)cc23)c2ccccc2)no1. The summed E-state index contributed by atoms with van der Waals surface area (Å²) >= 11 is 3.52. The molecule has 1 atom stereocenters. The van der Waals surface area contributed by atoms with Crippen molar-refractivity contribution in [2.45, 2.75) is 25.8 Å². The van der Waals surface area contributed by atoms with E-state index < -0.39 is 0 Å². The summed E-state index contributed by atoms with van der Waals surface area (Å²) in [5, 5.41) is 8.61. The van der Waals surface area contributed by atoms with Crippen LogP contribution in [0.4, 0.5) is 5.82 Å². The van der Waals surface area contributed by atoms with Gasteiger partial charge in [-0.05, 0) is 30.2 Å². The van der Waals surface area contributed by atoms with Gasteiger partial charge in [-0.15, -0.1) is 0 Å². The van der Waals surface area contributed by atoms with Gasteiger partial charge in [0.25, 0.3) is 0 Å². The van der Waals surface area contributed by atoms with Crippen molar-refractivity contribution in [3.63, 3.8) is 0 Å². The average Bonchev–Trinajstić information content (AvgIpc) is 3.15. The zero-order valence-electron chi connectivity index (χ0n) is 14.8. The predicted octanol–water partition coefficient (Wildman–Crippen LogP) is 4.93. The van der Waals surface area contributed by atoms with Crippen molar-refractivity contribution in [2.75, 3.05) is 5.32 Å². The molecule has 0 aliphatic rings. The fourth-order valence-corrected chi connectivity index (χ4v) is 3.28. The molecule has 0 amide bonds. The van der Waals surface area contributed by atoms with E-state index in [9.17, 15) is 0 Å². The van der Waals surface area contributed by atoms with Crippen molar-refractivity contribution in [3.05, 3.63) is 76.6 Å². The van der Waals surface area contributed by atoms with Crippen LogP contribution in [0.1, 0.15) is 36.7 Å². The average molecular weight is 424 g/mol. The first kappa shape index (κ1) is 17.6. The zero-order chi connectivity index (χ0) is 18.6. The van der Waals surface area contributed by atoms with Crippen molar-refractivity contribution < 1.29 is 4.52 Å². The first-order chi connectivity index (χ1) is 13.2. The first-order valence-corrected chi connectivity index (χ1v) is 9.58. The molecule has 2 aromatic heterocycles. The molecule has 4 rings (SSSR count). The summed E-state index contributed by atoms with van der Waals surface area (Å²) in [7, 11) is 0. The Morgan fingerprint density at radius 1 is 1.11 bits per heavy atom. The van der Waals surface area contributed by atoms with E-state index in [4.69, 9.17) is 4.52 Å². The van der Waals surface area contributed by atoms with Crippen LogP contribution in [0.15, 0.2) is 63.9 Å². The number of rotatable bonds is 6. The van der Waals surface area contributed by atoms with Crippen LogP contribution >= 0.6 is 15.9 Å². The number of aromatic nitrogens is 4. The summed E-state index contributed by atoms with van der Waals surface area (Å²) < 4.78 is 6.38. The van der Waals surface area contributed by atoms with Gasteiger partial charge >= 0.3 is 0 Å². The minimum atomic E-state index is -0.280. The lowest BCUT2D eigenvalue weighted by Gasteiger charge is -2.17. The molecular weight excluding hydrogens is 406 g/mol. The maximum atomic E-state index is 5.41. The van der Waals surface area contributed by atoms with Crippen LogP contribution in [0, 0.1) is 0 Å². The lowest BCUT2D eigenvalue weighted by molar-refractivity contribution is 0.371. The molecule has 2 heterocycles. The van der Waals surface area contributed by atoms with E-state index in [1.54, 1.807) is 6.33 Å². The van der Waals surface area contributed by atoms with Crippen LogP contribution in [0.5, 0.6) is 0 Å². The second-order valence-electron chi connectivity index (χ2n) is 6.17. The number of benzene rings is 2. The number of halogens is 1. The Labute approximate surface area is 165 Å². The van der Waals surface area contributed by atoms with E-state index in [0.29, 0.717) is 11.7 Å².